The lowest BCUT2D eigenvalue weighted by Gasteiger charge is -2.17. The van der Waals surface area contributed by atoms with Crippen molar-refractivity contribution >= 4 is 23.4 Å². The first-order chi connectivity index (χ1) is 14.5. The fourth-order valence-electron chi connectivity index (χ4n) is 3.48. The maximum Gasteiger partial charge on any atom is 0.192 e. The molecule has 5 nitrogen and oxygen atoms in total. The quantitative estimate of drug-likeness (QED) is 0.430. The molecule has 0 N–H and O–H groups in total. The smallest absolute Gasteiger partial charge is 0.192 e. The van der Waals surface area contributed by atoms with Crippen LogP contribution in [0.25, 0.3) is 11.4 Å². The molecule has 2 heterocycles. The number of thioether (sulfide) groups is 1. The molecular formula is C22H23ClFN3O2S. The third kappa shape index (κ3) is 4.63. The molecule has 1 fully saturated rings. The molecule has 0 amide bonds. The standard InChI is InChI=1S/C22H23ClFN3O2S/c1-14(16-7-10-20(24)19(23)12-16)30-22-26-25-21(15-5-8-17(28-2)9-6-15)27(22)13-18-4-3-11-29-18/h5-10,12,14,18H,3-4,11,13H2,1-2H3. The lowest BCUT2D eigenvalue weighted by Crippen LogP contribution is -2.16. The van der Waals surface area contributed by atoms with E-state index in [2.05, 4.69) is 14.8 Å². The SMILES string of the molecule is COc1ccc(-c2nnc(SC(C)c3ccc(F)c(Cl)c3)n2CC2CCCO2)cc1. The third-order valence-electron chi connectivity index (χ3n) is 5.17. The van der Waals surface area contributed by atoms with E-state index >= 15 is 0 Å². The van der Waals surface area contributed by atoms with Gasteiger partial charge in [-0.15, -0.1) is 10.2 Å². The highest BCUT2D eigenvalue weighted by atomic mass is 35.5. The summed E-state index contributed by atoms with van der Waals surface area (Å²) < 4.78 is 26.8. The van der Waals surface area contributed by atoms with Gasteiger partial charge in [0.15, 0.2) is 11.0 Å². The van der Waals surface area contributed by atoms with Crippen molar-refractivity contribution in [3.63, 3.8) is 0 Å². The van der Waals surface area contributed by atoms with Crippen molar-refractivity contribution in [1.29, 1.82) is 0 Å². The van der Waals surface area contributed by atoms with Gasteiger partial charge in [0.25, 0.3) is 0 Å². The average Bonchev–Trinajstić information content (AvgIpc) is 3.41. The van der Waals surface area contributed by atoms with Crippen LogP contribution < -0.4 is 4.74 Å². The Morgan fingerprint density at radius 3 is 2.73 bits per heavy atom. The van der Waals surface area contributed by atoms with Gasteiger partial charge in [-0.3, -0.25) is 4.57 Å². The molecule has 2 aromatic carbocycles. The van der Waals surface area contributed by atoms with E-state index in [1.165, 1.54) is 6.07 Å². The molecule has 0 bridgehead atoms. The van der Waals surface area contributed by atoms with Crippen LogP contribution in [0.2, 0.25) is 5.02 Å². The van der Waals surface area contributed by atoms with Crippen LogP contribution >= 0.6 is 23.4 Å². The van der Waals surface area contributed by atoms with Crippen molar-refractivity contribution < 1.29 is 13.9 Å². The van der Waals surface area contributed by atoms with Crippen LogP contribution in [-0.2, 0) is 11.3 Å². The lowest BCUT2D eigenvalue weighted by molar-refractivity contribution is 0.0953. The highest BCUT2D eigenvalue weighted by molar-refractivity contribution is 7.99. The number of benzene rings is 2. The second kappa shape index (κ2) is 9.37. The molecule has 0 spiro atoms. The van der Waals surface area contributed by atoms with Gasteiger partial charge >= 0.3 is 0 Å². The molecule has 30 heavy (non-hydrogen) atoms. The van der Waals surface area contributed by atoms with Gasteiger partial charge in [-0.05, 0) is 61.7 Å². The van der Waals surface area contributed by atoms with Gasteiger partial charge in [0.2, 0.25) is 0 Å². The summed E-state index contributed by atoms with van der Waals surface area (Å²) in [5.41, 5.74) is 1.90. The molecule has 158 valence electrons. The highest BCUT2D eigenvalue weighted by Crippen LogP contribution is 2.37. The van der Waals surface area contributed by atoms with Crippen LogP contribution in [-0.4, -0.2) is 34.6 Å². The third-order valence-corrected chi connectivity index (χ3v) is 6.60. The fraction of sp³-hybridized carbons (Fsp3) is 0.364. The predicted molar refractivity (Wildman–Crippen MR) is 117 cm³/mol. The molecule has 4 rings (SSSR count). The summed E-state index contributed by atoms with van der Waals surface area (Å²) in [7, 11) is 1.65. The molecule has 2 atom stereocenters. The van der Waals surface area contributed by atoms with E-state index in [0.717, 1.165) is 47.3 Å². The Balaban J connectivity index is 1.64. The number of ether oxygens (including phenoxy) is 2. The molecule has 0 saturated carbocycles. The molecule has 1 saturated heterocycles. The summed E-state index contributed by atoms with van der Waals surface area (Å²) in [6.45, 7) is 3.53. The summed E-state index contributed by atoms with van der Waals surface area (Å²) in [6.07, 6.45) is 2.23. The van der Waals surface area contributed by atoms with E-state index in [9.17, 15) is 4.39 Å². The molecule has 0 aliphatic carbocycles. The van der Waals surface area contributed by atoms with Gasteiger partial charge in [0, 0.05) is 17.4 Å². The molecule has 3 aromatic rings. The van der Waals surface area contributed by atoms with E-state index in [4.69, 9.17) is 21.1 Å². The molecule has 1 aliphatic rings. The van der Waals surface area contributed by atoms with Crippen molar-refractivity contribution in [2.75, 3.05) is 13.7 Å². The predicted octanol–water partition coefficient (Wildman–Crippen LogP) is 5.78. The van der Waals surface area contributed by atoms with Crippen molar-refractivity contribution in [2.24, 2.45) is 0 Å². The zero-order valence-electron chi connectivity index (χ0n) is 16.8. The van der Waals surface area contributed by atoms with Gasteiger partial charge in [0.05, 0.1) is 24.8 Å². The van der Waals surface area contributed by atoms with E-state index in [-0.39, 0.29) is 16.4 Å². The van der Waals surface area contributed by atoms with Gasteiger partial charge in [-0.25, -0.2) is 4.39 Å². The van der Waals surface area contributed by atoms with E-state index in [0.29, 0.717) is 6.54 Å². The minimum absolute atomic E-state index is 0.0271. The molecule has 0 radical (unpaired) electrons. The number of rotatable bonds is 7. The van der Waals surface area contributed by atoms with Gasteiger partial charge < -0.3 is 9.47 Å². The summed E-state index contributed by atoms with van der Waals surface area (Å²) >= 11 is 7.54. The van der Waals surface area contributed by atoms with E-state index in [1.54, 1.807) is 31.0 Å². The van der Waals surface area contributed by atoms with Gasteiger partial charge in [-0.1, -0.05) is 29.4 Å². The number of nitrogens with zero attached hydrogens (tertiary/aromatic N) is 3. The Labute approximate surface area is 184 Å². The zero-order valence-corrected chi connectivity index (χ0v) is 18.4. The second-order valence-corrected chi connectivity index (χ2v) is 8.93. The number of hydrogen-bond donors (Lipinski definition) is 0. The molecular weight excluding hydrogens is 425 g/mol. The molecule has 1 aliphatic heterocycles. The summed E-state index contributed by atoms with van der Waals surface area (Å²) in [5, 5.41) is 9.88. The van der Waals surface area contributed by atoms with Crippen LogP contribution in [0, 0.1) is 5.82 Å². The van der Waals surface area contributed by atoms with Crippen LogP contribution in [0.4, 0.5) is 4.39 Å². The first kappa shape index (κ1) is 21.2. The maximum atomic E-state index is 13.5. The minimum atomic E-state index is -0.416. The first-order valence-electron chi connectivity index (χ1n) is 9.86. The summed E-state index contributed by atoms with van der Waals surface area (Å²) in [5.74, 6) is 1.17. The largest absolute Gasteiger partial charge is 0.497 e. The monoisotopic (exact) mass is 447 g/mol. The van der Waals surface area contributed by atoms with Gasteiger partial charge in [0.1, 0.15) is 11.6 Å². The normalized spacial score (nSPS) is 17.3. The zero-order chi connectivity index (χ0) is 21.1. The lowest BCUT2D eigenvalue weighted by atomic mass is 10.2. The second-order valence-electron chi connectivity index (χ2n) is 7.21. The van der Waals surface area contributed by atoms with Crippen LogP contribution in [0.3, 0.4) is 0 Å². The first-order valence-corrected chi connectivity index (χ1v) is 11.1. The number of hydrogen-bond acceptors (Lipinski definition) is 5. The molecule has 1 aromatic heterocycles. The number of halogens is 2. The van der Waals surface area contributed by atoms with Crippen molar-refractivity contribution in [1.82, 2.24) is 14.8 Å². The fourth-order valence-corrected chi connectivity index (χ4v) is 4.64. The van der Waals surface area contributed by atoms with E-state index in [1.807, 2.05) is 31.2 Å². The molecule has 2 unspecified atom stereocenters. The Bertz CT molecular complexity index is 1010. The molecule has 8 heteroatoms. The number of methoxy groups -OCH3 is 1. The van der Waals surface area contributed by atoms with Crippen LogP contribution in [0.15, 0.2) is 47.6 Å². The highest BCUT2D eigenvalue weighted by Gasteiger charge is 2.23. The van der Waals surface area contributed by atoms with Crippen molar-refractivity contribution in [2.45, 2.75) is 42.8 Å². The Hall–Kier alpha value is -2.09. The van der Waals surface area contributed by atoms with Gasteiger partial charge in [-0.2, -0.15) is 0 Å². The van der Waals surface area contributed by atoms with Crippen molar-refractivity contribution in [3.8, 4) is 17.1 Å². The average molecular weight is 448 g/mol. The topological polar surface area (TPSA) is 49.2 Å². The van der Waals surface area contributed by atoms with Crippen molar-refractivity contribution in [3.05, 3.63) is 58.9 Å². The Morgan fingerprint density at radius 1 is 1.27 bits per heavy atom. The minimum Gasteiger partial charge on any atom is -0.497 e. The van der Waals surface area contributed by atoms with Crippen LogP contribution in [0.5, 0.6) is 5.75 Å². The summed E-state index contributed by atoms with van der Waals surface area (Å²) in [4.78, 5) is 0. The number of aromatic nitrogens is 3. The van der Waals surface area contributed by atoms with E-state index < -0.39 is 5.82 Å². The Morgan fingerprint density at radius 2 is 2.07 bits per heavy atom. The summed E-state index contributed by atoms with van der Waals surface area (Å²) in [6, 6.07) is 12.6. The van der Waals surface area contributed by atoms with Crippen LogP contribution in [0.1, 0.15) is 30.6 Å². The maximum absolute atomic E-state index is 13.5. The Kier molecular flexibility index (Phi) is 6.61.